The van der Waals surface area contributed by atoms with Gasteiger partial charge in [0.15, 0.2) is 0 Å². The SMILES string of the molecule is CO/N=C/c1c(N)ncnc1Nc1ccc2c(c1)CCC2. The van der Waals surface area contributed by atoms with E-state index in [1.165, 1.54) is 43.6 Å². The van der Waals surface area contributed by atoms with E-state index in [-0.39, 0.29) is 0 Å². The normalized spacial score (nSPS) is 13.4. The Bertz CT molecular complexity index is 684. The lowest BCUT2D eigenvalue weighted by Gasteiger charge is -2.10. The zero-order valence-electron chi connectivity index (χ0n) is 11.8. The molecule has 108 valence electrons. The number of nitrogens with one attached hydrogen (secondary N) is 1. The van der Waals surface area contributed by atoms with E-state index in [1.807, 2.05) is 0 Å². The van der Waals surface area contributed by atoms with Gasteiger partial charge in [-0.15, -0.1) is 0 Å². The van der Waals surface area contributed by atoms with Gasteiger partial charge in [-0.3, -0.25) is 0 Å². The van der Waals surface area contributed by atoms with Crippen molar-refractivity contribution < 1.29 is 4.84 Å². The predicted molar refractivity (Wildman–Crippen MR) is 82.8 cm³/mol. The molecule has 0 bridgehead atoms. The van der Waals surface area contributed by atoms with Crippen molar-refractivity contribution >= 4 is 23.5 Å². The summed E-state index contributed by atoms with van der Waals surface area (Å²) >= 11 is 0. The standard InChI is InChI=1S/C15H17N5O/c1-21-19-8-13-14(16)17-9-18-15(13)20-12-6-5-10-3-2-4-11(10)7-12/h5-9H,2-4H2,1H3,(H3,16,17,18,20)/b19-8+. The highest BCUT2D eigenvalue weighted by molar-refractivity contribution is 5.92. The number of benzene rings is 1. The van der Waals surface area contributed by atoms with Crippen LogP contribution in [0.15, 0.2) is 29.7 Å². The first kappa shape index (κ1) is 13.4. The minimum absolute atomic E-state index is 0.356. The van der Waals surface area contributed by atoms with Crippen molar-refractivity contribution in [3.63, 3.8) is 0 Å². The number of nitrogens with two attached hydrogens (primary N) is 1. The maximum atomic E-state index is 5.87. The topological polar surface area (TPSA) is 85.4 Å². The molecule has 0 unspecified atom stereocenters. The van der Waals surface area contributed by atoms with Crippen LogP contribution in [0.2, 0.25) is 0 Å². The fourth-order valence-corrected chi connectivity index (χ4v) is 2.53. The lowest BCUT2D eigenvalue weighted by molar-refractivity contribution is 0.215. The van der Waals surface area contributed by atoms with Crippen molar-refractivity contribution in [1.29, 1.82) is 0 Å². The average Bonchev–Trinajstić information content (AvgIpc) is 2.94. The molecule has 1 aliphatic carbocycles. The van der Waals surface area contributed by atoms with Gasteiger partial charge >= 0.3 is 0 Å². The van der Waals surface area contributed by atoms with Crippen LogP contribution in [0.3, 0.4) is 0 Å². The van der Waals surface area contributed by atoms with E-state index < -0.39 is 0 Å². The Morgan fingerprint density at radius 2 is 2.14 bits per heavy atom. The molecule has 0 fully saturated rings. The molecule has 21 heavy (non-hydrogen) atoms. The smallest absolute Gasteiger partial charge is 0.144 e. The molecule has 0 amide bonds. The number of fused-ring (bicyclic) bond motifs is 1. The molecule has 0 aliphatic heterocycles. The molecule has 2 aromatic rings. The number of nitrogens with zero attached hydrogens (tertiary/aromatic N) is 3. The molecule has 3 N–H and O–H groups in total. The Kier molecular flexibility index (Phi) is 3.68. The molecule has 1 heterocycles. The number of hydrogen-bond donors (Lipinski definition) is 2. The van der Waals surface area contributed by atoms with Crippen molar-refractivity contribution in [3.8, 4) is 0 Å². The molecule has 6 heteroatoms. The summed E-state index contributed by atoms with van der Waals surface area (Å²) in [6.45, 7) is 0. The highest BCUT2D eigenvalue weighted by atomic mass is 16.6. The van der Waals surface area contributed by atoms with E-state index in [2.05, 4.69) is 38.6 Å². The highest BCUT2D eigenvalue weighted by Gasteiger charge is 2.12. The lowest BCUT2D eigenvalue weighted by Crippen LogP contribution is -2.05. The van der Waals surface area contributed by atoms with Crippen LogP contribution in [0.1, 0.15) is 23.1 Å². The van der Waals surface area contributed by atoms with Gasteiger partial charge in [0.25, 0.3) is 0 Å². The summed E-state index contributed by atoms with van der Waals surface area (Å²) in [5.41, 5.74) is 10.3. The molecule has 0 saturated carbocycles. The molecular formula is C15H17N5O. The number of oxime groups is 1. The minimum atomic E-state index is 0.356. The number of nitrogen functional groups attached to an aromatic ring is 1. The molecule has 0 radical (unpaired) electrons. The van der Waals surface area contributed by atoms with E-state index >= 15 is 0 Å². The second kappa shape index (κ2) is 5.78. The third kappa shape index (κ3) is 2.79. The van der Waals surface area contributed by atoms with E-state index in [0.29, 0.717) is 17.2 Å². The largest absolute Gasteiger partial charge is 0.399 e. The number of aryl methyl sites for hydroxylation is 2. The summed E-state index contributed by atoms with van der Waals surface area (Å²) in [6.07, 6.45) is 6.46. The number of rotatable bonds is 4. The first-order valence-corrected chi connectivity index (χ1v) is 6.84. The quantitative estimate of drug-likeness (QED) is 0.664. The summed E-state index contributed by atoms with van der Waals surface area (Å²) in [7, 11) is 1.48. The fraction of sp³-hybridized carbons (Fsp3) is 0.267. The van der Waals surface area contributed by atoms with Crippen molar-refractivity contribution in [2.45, 2.75) is 19.3 Å². The van der Waals surface area contributed by atoms with Gasteiger partial charge in [-0.25, -0.2) is 9.97 Å². The van der Waals surface area contributed by atoms with Gasteiger partial charge in [0, 0.05) is 5.69 Å². The zero-order valence-corrected chi connectivity index (χ0v) is 11.8. The van der Waals surface area contributed by atoms with Crippen LogP contribution in [-0.2, 0) is 17.7 Å². The number of hydrogen-bond acceptors (Lipinski definition) is 6. The Morgan fingerprint density at radius 3 is 3.00 bits per heavy atom. The maximum Gasteiger partial charge on any atom is 0.144 e. The molecule has 6 nitrogen and oxygen atoms in total. The van der Waals surface area contributed by atoms with Crippen LogP contribution in [0.5, 0.6) is 0 Å². The summed E-state index contributed by atoms with van der Waals surface area (Å²) in [4.78, 5) is 12.9. The van der Waals surface area contributed by atoms with Crippen molar-refractivity contribution in [3.05, 3.63) is 41.2 Å². The van der Waals surface area contributed by atoms with Gasteiger partial charge in [0.2, 0.25) is 0 Å². The summed E-state index contributed by atoms with van der Waals surface area (Å²) < 4.78 is 0. The predicted octanol–water partition coefficient (Wildman–Crippen LogP) is 2.27. The van der Waals surface area contributed by atoms with E-state index in [9.17, 15) is 0 Å². The summed E-state index contributed by atoms with van der Waals surface area (Å²) in [5, 5.41) is 7.01. The minimum Gasteiger partial charge on any atom is -0.399 e. The molecule has 1 aliphatic rings. The fourth-order valence-electron chi connectivity index (χ4n) is 2.53. The Morgan fingerprint density at radius 1 is 1.29 bits per heavy atom. The Labute approximate surface area is 123 Å². The lowest BCUT2D eigenvalue weighted by atomic mass is 10.1. The molecule has 1 aromatic heterocycles. The maximum absolute atomic E-state index is 5.87. The second-order valence-electron chi connectivity index (χ2n) is 4.90. The van der Waals surface area contributed by atoms with Crippen molar-refractivity contribution in [1.82, 2.24) is 9.97 Å². The Balaban J connectivity index is 1.91. The van der Waals surface area contributed by atoms with Crippen molar-refractivity contribution in [2.24, 2.45) is 5.16 Å². The number of aromatic nitrogens is 2. The monoisotopic (exact) mass is 283 g/mol. The molecular weight excluding hydrogens is 266 g/mol. The zero-order chi connectivity index (χ0) is 14.7. The van der Waals surface area contributed by atoms with Gasteiger partial charge < -0.3 is 15.9 Å². The van der Waals surface area contributed by atoms with Gasteiger partial charge in [0.05, 0.1) is 11.8 Å². The van der Waals surface area contributed by atoms with Gasteiger partial charge in [0.1, 0.15) is 25.1 Å². The third-order valence-corrected chi connectivity index (χ3v) is 3.56. The first-order valence-electron chi connectivity index (χ1n) is 6.84. The second-order valence-corrected chi connectivity index (χ2v) is 4.90. The highest BCUT2D eigenvalue weighted by Crippen LogP contribution is 2.27. The van der Waals surface area contributed by atoms with Gasteiger partial charge in [-0.1, -0.05) is 11.2 Å². The third-order valence-electron chi connectivity index (χ3n) is 3.56. The summed E-state index contributed by atoms with van der Waals surface area (Å²) in [5.74, 6) is 0.968. The van der Waals surface area contributed by atoms with E-state index in [4.69, 9.17) is 10.6 Å². The first-order chi connectivity index (χ1) is 10.3. The molecule has 3 rings (SSSR count). The van der Waals surface area contributed by atoms with Gasteiger partial charge in [-0.05, 0) is 42.5 Å². The van der Waals surface area contributed by atoms with Crippen LogP contribution >= 0.6 is 0 Å². The van der Waals surface area contributed by atoms with Crippen LogP contribution in [0.25, 0.3) is 0 Å². The number of anilines is 3. The molecule has 0 spiro atoms. The molecule has 1 aromatic carbocycles. The van der Waals surface area contributed by atoms with E-state index in [0.717, 1.165) is 12.1 Å². The van der Waals surface area contributed by atoms with Crippen LogP contribution < -0.4 is 11.1 Å². The Hall–Kier alpha value is -2.63. The average molecular weight is 283 g/mol. The summed E-state index contributed by atoms with van der Waals surface area (Å²) in [6, 6.07) is 6.38. The van der Waals surface area contributed by atoms with Crippen LogP contribution in [0, 0.1) is 0 Å². The molecule has 0 saturated heterocycles. The molecule has 0 atom stereocenters. The van der Waals surface area contributed by atoms with Crippen LogP contribution in [-0.4, -0.2) is 23.3 Å². The van der Waals surface area contributed by atoms with Crippen molar-refractivity contribution in [2.75, 3.05) is 18.2 Å². The van der Waals surface area contributed by atoms with Crippen LogP contribution in [0.4, 0.5) is 17.3 Å². The van der Waals surface area contributed by atoms with Gasteiger partial charge in [-0.2, -0.15) is 0 Å². The van der Waals surface area contributed by atoms with E-state index in [1.54, 1.807) is 0 Å².